The maximum atomic E-state index is 12.0. The summed E-state index contributed by atoms with van der Waals surface area (Å²) in [5, 5.41) is 7.00. The van der Waals surface area contributed by atoms with E-state index in [0.29, 0.717) is 5.11 Å². The highest BCUT2D eigenvalue weighted by atomic mass is 32.1. The van der Waals surface area contributed by atoms with Crippen LogP contribution < -0.4 is 15.5 Å². The third-order valence-corrected chi connectivity index (χ3v) is 6.47. The summed E-state index contributed by atoms with van der Waals surface area (Å²) in [5.74, 6) is -0.199. The van der Waals surface area contributed by atoms with Crippen molar-refractivity contribution < 1.29 is 9.53 Å². The molecule has 1 aliphatic rings. The molecule has 1 fully saturated rings. The fraction of sp³-hybridized carbons (Fsp3) is 0.185. The van der Waals surface area contributed by atoms with Gasteiger partial charge in [0.1, 0.15) is 12.6 Å². The molecule has 5 rings (SSSR count). The topological polar surface area (TPSA) is 84.3 Å². The van der Waals surface area contributed by atoms with Crippen LogP contribution in [0, 0.1) is 6.92 Å². The molecule has 3 aromatic heterocycles. The number of carbonyl (C=O) groups is 1. The number of aromatic nitrogens is 3. The van der Waals surface area contributed by atoms with Crippen molar-refractivity contribution in [2.45, 2.75) is 19.0 Å². The average Bonchev–Trinajstić information content (AvgIpc) is 3.51. The maximum Gasteiger partial charge on any atom is 0.250 e. The number of carbonyl (C=O) groups excluding carboxylic acids is 1. The molecule has 2 N–H and O–H groups in total. The summed E-state index contributed by atoms with van der Waals surface area (Å²) in [7, 11) is 1.50. The van der Waals surface area contributed by atoms with E-state index < -0.39 is 0 Å². The summed E-state index contributed by atoms with van der Waals surface area (Å²) in [6, 6.07) is 19.5. The van der Waals surface area contributed by atoms with Crippen molar-refractivity contribution in [1.82, 2.24) is 19.9 Å². The molecular formula is C27H26N6O2S. The Kier molecular flexibility index (Phi) is 6.75. The van der Waals surface area contributed by atoms with E-state index in [0.717, 1.165) is 34.0 Å². The molecule has 1 aromatic carbocycles. The Morgan fingerprint density at radius 3 is 2.64 bits per heavy atom. The van der Waals surface area contributed by atoms with Crippen molar-refractivity contribution in [2.75, 3.05) is 23.9 Å². The summed E-state index contributed by atoms with van der Waals surface area (Å²) in [6.45, 7) is 1.96. The van der Waals surface area contributed by atoms with E-state index in [2.05, 4.69) is 36.1 Å². The summed E-state index contributed by atoms with van der Waals surface area (Å²) < 4.78 is 7.08. The first-order chi connectivity index (χ1) is 17.6. The molecule has 1 saturated heterocycles. The first-order valence-corrected chi connectivity index (χ1v) is 12.0. The number of hydrogen-bond donors (Lipinski definition) is 2. The molecular weight excluding hydrogens is 472 g/mol. The first-order valence-electron chi connectivity index (χ1n) is 11.5. The zero-order valence-electron chi connectivity index (χ0n) is 20.0. The summed E-state index contributed by atoms with van der Waals surface area (Å²) in [6.07, 6.45) is 7.40. The van der Waals surface area contributed by atoms with Crippen LogP contribution in [0.3, 0.4) is 0 Å². The second-order valence-electron chi connectivity index (χ2n) is 8.49. The molecule has 1 amide bonds. The van der Waals surface area contributed by atoms with Crippen LogP contribution in [0.15, 0.2) is 85.5 Å². The van der Waals surface area contributed by atoms with Gasteiger partial charge in [0.15, 0.2) is 5.11 Å². The van der Waals surface area contributed by atoms with Gasteiger partial charge in [-0.15, -0.1) is 0 Å². The van der Waals surface area contributed by atoms with Gasteiger partial charge < -0.3 is 24.8 Å². The second kappa shape index (κ2) is 10.3. The number of benzene rings is 1. The van der Waals surface area contributed by atoms with Crippen LogP contribution in [0.5, 0.6) is 0 Å². The molecule has 0 aliphatic carbocycles. The molecule has 4 heterocycles. The molecule has 0 bridgehead atoms. The monoisotopic (exact) mass is 498 g/mol. The zero-order chi connectivity index (χ0) is 25.1. The quantitative estimate of drug-likeness (QED) is 0.367. The lowest BCUT2D eigenvalue weighted by Gasteiger charge is -2.29. The van der Waals surface area contributed by atoms with Crippen molar-refractivity contribution in [3.05, 3.63) is 102 Å². The number of hydrogen-bond acceptors (Lipinski definition) is 5. The van der Waals surface area contributed by atoms with E-state index in [-0.39, 0.29) is 24.6 Å². The average molecular weight is 499 g/mol. The SMILES string of the molecule is COCC(=O)Nc1ccc(N2C(=S)N[C@H](c3ccccn3)[C@@H]2c2cccn2-c2ccncc2)cc1C. The Bertz CT molecular complexity index is 1380. The Hall–Kier alpha value is -4.08. The number of anilines is 2. The minimum absolute atomic E-state index is 0.00114. The van der Waals surface area contributed by atoms with E-state index in [1.54, 1.807) is 18.6 Å². The molecule has 8 nitrogen and oxygen atoms in total. The number of nitrogens with one attached hydrogen (secondary N) is 2. The van der Waals surface area contributed by atoms with Crippen LogP contribution >= 0.6 is 12.2 Å². The van der Waals surface area contributed by atoms with E-state index >= 15 is 0 Å². The minimum Gasteiger partial charge on any atom is -0.375 e. The van der Waals surface area contributed by atoms with Gasteiger partial charge in [0.05, 0.1) is 11.7 Å². The van der Waals surface area contributed by atoms with Crippen molar-refractivity contribution in [2.24, 2.45) is 0 Å². The van der Waals surface area contributed by atoms with Gasteiger partial charge in [-0.25, -0.2) is 0 Å². The lowest BCUT2D eigenvalue weighted by atomic mass is 10.0. The summed E-state index contributed by atoms with van der Waals surface area (Å²) in [4.78, 5) is 23.0. The van der Waals surface area contributed by atoms with Gasteiger partial charge in [-0.05, 0) is 79.3 Å². The molecule has 0 saturated carbocycles. The zero-order valence-corrected chi connectivity index (χ0v) is 20.8. The smallest absolute Gasteiger partial charge is 0.250 e. The van der Waals surface area contributed by atoms with Gasteiger partial charge in [-0.1, -0.05) is 6.07 Å². The maximum absolute atomic E-state index is 12.0. The van der Waals surface area contributed by atoms with E-state index in [1.165, 1.54) is 7.11 Å². The molecule has 0 radical (unpaired) electrons. The molecule has 182 valence electrons. The number of ether oxygens (including phenoxy) is 1. The van der Waals surface area contributed by atoms with E-state index in [9.17, 15) is 4.79 Å². The number of aryl methyl sites for hydroxylation is 1. The van der Waals surface area contributed by atoms with Crippen LogP contribution in [0.1, 0.15) is 29.0 Å². The number of pyridine rings is 2. The molecule has 4 aromatic rings. The Morgan fingerprint density at radius 2 is 1.92 bits per heavy atom. The Balaban J connectivity index is 1.58. The number of amides is 1. The van der Waals surface area contributed by atoms with Gasteiger partial charge in [-0.2, -0.15) is 0 Å². The van der Waals surface area contributed by atoms with Crippen LogP contribution in [0.2, 0.25) is 0 Å². The van der Waals surface area contributed by atoms with Gasteiger partial charge in [-0.3, -0.25) is 14.8 Å². The largest absolute Gasteiger partial charge is 0.375 e. The van der Waals surface area contributed by atoms with E-state index in [4.69, 9.17) is 17.0 Å². The molecule has 1 aliphatic heterocycles. The summed E-state index contributed by atoms with van der Waals surface area (Å²) in [5.41, 5.74) is 5.53. The predicted molar refractivity (Wildman–Crippen MR) is 143 cm³/mol. The lowest BCUT2D eigenvalue weighted by Crippen LogP contribution is -2.30. The van der Waals surface area contributed by atoms with Crippen LogP contribution in [0.4, 0.5) is 11.4 Å². The van der Waals surface area contributed by atoms with Crippen LogP contribution in [-0.2, 0) is 9.53 Å². The van der Waals surface area contributed by atoms with Crippen molar-refractivity contribution in [1.29, 1.82) is 0 Å². The number of nitrogens with zero attached hydrogens (tertiary/aromatic N) is 4. The van der Waals surface area contributed by atoms with Crippen LogP contribution in [0.25, 0.3) is 5.69 Å². The van der Waals surface area contributed by atoms with Gasteiger partial charge in [0.2, 0.25) is 5.91 Å². The minimum atomic E-state index is -0.199. The highest BCUT2D eigenvalue weighted by Crippen LogP contribution is 2.42. The number of rotatable bonds is 7. The highest BCUT2D eigenvalue weighted by Gasteiger charge is 2.42. The third kappa shape index (κ3) is 4.58. The van der Waals surface area contributed by atoms with Crippen LogP contribution in [-0.4, -0.2) is 39.3 Å². The van der Waals surface area contributed by atoms with Gasteiger partial charge in [0.25, 0.3) is 0 Å². The van der Waals surface area contributed by atoms with Crippen molar-refractivity contribution >= 4 is 34.6 Å². The standard InChI is InChI=1S/C27H26N6O2S/c1-18-16-20(8-9-21(18)30-24(34)17-35-2)33-26(25(31-27(33)36)22-6-3-4-12-29-22)23-7-5-15-32(23)19-10-13-28-14-11-19/h3-16,25-26H,17H2,1-2H3,(H,30,34)(H,31,36)/t25-,26+/m1/s1. The van der Waals surface area contributed by atoms with Gasteiger partial charge in [0, 0.05) is 54.7 Å². The fourth-order valence-electron chi connectivity index (χ4n) is 4.56. The molecule has 0 spiro atoms. The second-order valence-corrected chi connectivity index (χ2v) is 8.87. The summed E-state index contributed by atoms with van der Waals surface area (Å²) >= 11 is 5.87. The first kappa shape index (κ1) is 23.7. The number of methoxy groups -OCH3 is 1. The fourth-order valence-corrected chi connectivity index (χ4v) is 4.91. The number of thiocarbonyl (C=S) groups is 1. The molecule has 36 heavy (non-hydrogen) atoms. The lowest BCUT2D eigenvalue weighted by molar-refractivity contribution is -0.119. The molecule has 0 unspecified atom stereocenters. The van der Waals surface area contributed by atoms with Gasteiger partial charge >= 0.3 is 0 Å². The molecule has 2 atom stereocenters. The predicted octanol–water partition coefficient (Wildman–Crippen LogP) is 4.34. The van der Waals surface area contributed by atoms with Crippen molar-refractivity contribution in [3.63, 3.8) is 0 Å². The van der Waals surface area contributed by atoms with E-state index in [1.807, 2.05) is 67.7 Å². The Labute approximate surface area is 215 Å². The van der Waals surface area contributed by atoms with Crippen molar-refractivity contribution in [3.8, 4) is 5.69 Å². The molecule has 9 heteroatoms. The highest BCUT2D eigenvalue weighted by molar-refractivity contribution is 7.80. The third-order valence-electron chi connectivity index (χ3n) is 6.16. The normalized spacial score (nSPS) is 17.2. The Morgan fingerprint density at radius 1 is 1.08 bits per heavy atom.